The van der Waals surface area contributed by atoms with Crippen LogP contribution in [0.15, 0.2) is 47.4 Å². The number of rotatable bonds is 8. The van der Waals surface area contributed by atoms with Crippen LogP contribution in [0.1, 0.15) is 6.42 Å². The Kier molecular flexibility index (Phi) is 7.60. The van der Waals surface area contributed by atoms with E-state index in [0.29, 0.717) is 5.75 Å². The van der Waals surface area contributed by atoms with Crippen LogP contribution in [0.2, 0.25) is 5.02 Å². The van der Waals surface area contributed by atoms with Crippen molar-refractivity contribution in [1.82, 2.24) is 4.72 Å². The van der Waals surface area contributed by atoms with E-state index >= 15 is 0 Å². The largest absolute Gasteiger partial charge is 0.325 e. The van der Waals surface area contributed by atoms with Crippen molar-refractivity contribution in [3.05, 3.63) is 59.1 Å². The van der Waals surface area contributed by atoms with Crippen LogP contribution in [0, 0.1) is 11.6 Å². The third-order valence-electron chi connectivity index (χ3n) is 3.54. The maximum absolute atomic E-state index is 13.8. The van der Waals surface area contributed by atoms with Gasteiger partial charge < -0.3 is 5.32 Å². The van der Waals surface area contributed by atoms with Crippen LogP contribution in [0.25, 0.3) is 0 Å². The van der Waals surface area contributed by atoms with Crippen LogP contribution in [-0.4, -0.2) is 32.4 Å². The molecule has 1 unspecified atom stereocenters. The first-order valence-electron chi connectivity index (χ1n) is 7.76. The second kappa shape index (κ2) is 9.50. The Hall–Kier alpha value is -1.68. The lowest BCUT2D eigenvalue weighted by atomic mass is 10.2. The van der Waals surface area contributed by atoms with Gasteiger partial charge in [-0.2, -0.15) is 16.5 Å². The molecule has 0 spiro atoms. The van der Waals surface area contributed by atoms with Crippen molar-refractivity contribution in [1.29, 1.82) is 0 Å². The van der Waals surface area contributed by atoms with Gasteiger partial charge >= 0.3 is 0 Å². The van der Waals surface area contributed by atoms with E-state index in [2.05, 4.69) is 10.0 Å². The van der Waals surface area contributed by atoms with Crippen molar-refractivity contribution in [2.24, 2.45) is 0 Å². The number of halogens is 3. The predicted octanol–water partition coefficient (Wildman–Crippen LogP) is 3.66. The second-order valence-corrected chi connectivity index (χ2v) is 8.58. The summed E-state index contributed by atoms with van der Waals surface area (Å²) in [6, 6.07) is 7.33. The van der Waals surface area contributed by atoms with Gasteiger partial charge in [-0.05, 0) is 48.8 Å². The van der Waals surface area contributed by atoms with E-state index in [-0.39, 0.29) is 17.1 Å². The number of thioether (sulfide) groups is 1. The number of sulfonamides is 1. The van der Waals surface area contributed by atoms with E-state index in [1.54, 1.807) is 6.26 Å². The Morgan fingerprint density at radius 3 is 2.52 bits per heavy atom. The summed E-state index contributed by atoms with van der Waals surface area (Å²) in [5, 5.41) is 2.31. The number of nitrogens with one attached hydrogen (secondary N) is 2. The van der Waals surface area contributed by atoms with E-state index < -0.39 is 38.5 Å². The molecule has 10 heteroatoms. The molecular formula is C17H17ClF2N2O3S2. The van der Waals surface area contributed by atoms with Gasteiger partial charge in [0.05, 0.1) is 5.02 Å². The minimum atomic E-state index is -4.25. The third-order valence-corrected chi connectivity index (χ3v) is 5.98. The molecule has 2 N–H and O–H groups in total. The molecule has 1 atom stereocenters. The summed E-state index contributed by atoms with van der Waals surface area (Å²) >= 11 is 7.11. The second-order valence-electron chi connectivity index (χ2n) is 5.50. The normalized spacial score (nSPS) is 12.6. The van der Waals surface area contributed by atoms with E-state index in [9.17, 15) is 22.0 Å². The molecule has 2 rings (SSSR count). The average Bonchev–Trinajstić information content (AvgIpc) is 2.61. The molecule has 0 radical (unpaired) electrons. The molecule has 0 bridgehead atoms. The van der Waals surface area contributed by atoms with Crippen molar-refractivity contribution < 1.29 is 22.0 Å². The predicted molar refractivity (Wildman–Crippen MR) is 104 cm³/mol. The van der Waals surface area contributed by atoms with Gasteiger partial charge in [0.2, 0.25) is 15.9 Å². The molecule has 0 fully saturated rings. The lowest BCUT2D eigenvalue weighted by Crippen LogP contribution is -2.44. The highest BCUT2D eigenvalue weighted by Gasteiger charge is 2.27. The molecule has 5 nitrogen and oxygen atoms in total. The highest BCUT2D eigenvalue weighted by molar-refractivity contribution is 7.98. The lowest BCUT2D eigenvalue weighted by Gasteiger charge is -2.18. The molecule has 27 heavy (non-hydrogen) atoms. The quantitative estimate of drug-likeness (QED) is 0.665. The van der Waals surface area contributed by atoms with E-state index in [0.717, 1.165) is 18.2 Å². The van der Waals surface area contributed by atoms with Crippen LogP contribution in [0.5, 0.6) is 0 Å². The number of anilines is 1. The molecule has 2 aromatic rings. The SMILES string of the molecule is CSCCC(NS(=O)(=O)c1ccccc1F)C(=O)Nc1ccc(F)c(Cl)c1. The number of hydrogen-bond donors (Lipinski definition) is 2. The van der Waals surface area contributed by atoms with Crippen LogP contribution in [-0.2, 0) is 14.8 Å². The Morgan fingerprint density at radius 2 is 1.89 bits per heavy atom. The van der Waals surface area contributed by atoms with Gasteiger partial charge in [0.25, 0.3) is 0 Å². The first kappa shape index (κ1) is 21.6. The minimum Gasteiger partial charge on any atom is -0.325 e. The summed E-state index contributed by atoms with van der Waals surface area (Å²) in [7, 11) is -4.25. The Bertz CT molecular complexity index is 926. The first-order valence-corrected chi connectivity index (χ1v) is 11.0. The summed E-state index contributed by atoms with van der Waals surface area (Å²) in [5.74, 6) is -1.73. The summed E-state index contributed by atoms with van der Waals surface area (Å²) in [6.07, 6.45) is 1.98. The van der Waals surface area contributed by atoms with Crippen LogP contribution < -0.4 is 10.0 Å². The molecule has 1 amide bonds. The summed E-state index contributed by atoms with van der Waals surface area (Å²) in [4.78, 5) is 12.0. The monoisotopic (exact) mass is 434 g/mol. The summed E-state index contributed by atoms with van der Waals surface area (Å²) < 4.78 is 54.3. The van der Waals surface area contributed by atoms with Gasteiger partial charge in [-0.3, -0.25) is 4.79 Å². The molecule has 0 heterocycles. The molecule has 0 saturated heterocycles. The third kappa shape index (κ3) is 5.90. The van der Waals surface area contributed by atoms with Crippen molar-refractivity contribution in [3.63, 3.8) is 0 Å². The van der Waals surface area contributed by atoms with Gasteiger partial charge in [0.1, 0.15) is 22.6 Å². The first-order chi connectivity index (χ1) is 12.7. The van der Waals surface area contributed by atoms with Crippen LogP contribution in [0.3, 0.4) is 0 Å². The molecule has 2 aromatic carbocycles. The van der Waals surface area contributed by atoms with Crippen LogP contribution in [0.4, 0.5) is 14.5 Å². The lowest BCUT2D eigenvalue weighted by molar-refractivity contribution is -0.117. The molecule has 0 aliphatic rings. The maximum atomic E-state index is 13.8. The number of hydrogen-bond acceptors (Lipinski definition) is 4. The van der Waals surface area contributed by atoms with E-state index in [1.807, 2.05) is 0 Å². The van der Waals surface area contributed by atoms with Gasteiger partial charge in [-0.25, -0.2) is 17.2 Å². The fourth-order valence-electron chi connectivity index (χ4n) is 2.20. The smallest absolute Gasteiger partial charge is 0.244 e. The van der Waals surface area contributed by atoms with E-state index in [4.69, 9.17) is 11.6 Å². The average molecular weight is 435 g/mol. The molecular weight excluding hydrogens is 418 g/mol. The molecule has 0 aliphatic carbocycles. The van der Waals surface area contributed by atoms with E-state index in [1.165, 1.54) is 36.0 Å². The zero-order valence-electron chi connectivity index (χ0n) is 14.2. The van der Waals surface area contributed by atoms with Gasteiger partial charge in [-0.1, -0.05) is 23.7 Å². The summed E-state index contributed by atoms with van der Waals surface area (Å²) in [6.45, 7) is 0. The number of carbonyl (C=O) groups is 1. The summed E-state index contributed by atoms with van der Waals surface area (Å²) in [5.41, 5.74) is 0.214. The van der Waals surface area contributed by atoms with Gasteiger partial charge in [0.15, 0.2) is 0 Å². The zero-order valence-corrected chi connectivity index (χ0v) is 16.6. The van der Waals surface area contributed by atoms with Gasteiger partial charge in [0, 0.05) is 5.69 Å². The Morgan fingerprint density at radius 1 is 1.19 bits per heavy atom. The molecule has 146 valence electrons. The standard InChI is InChI=1S/C17H17ClF2N2O3S2/c1-26-9-8-15(17(23)21-11-6-7-13(19)12(18)10-11)22-27(24,25)16-5-3-2-4-14(16)20/h2-7,10,15,22H,8-9H2,1H3,(H,21,23). The topological polar surface area (TPSA) is 75.3 Å². The van der Waals surface area contributed by atoms with Crippen molar-refractivity contribution in [3.8, 4) is 0 Å². The molecule has 0 aromatic heterocycles. The maximum Gasteiger partial charge on any atom is 0.244 e. The minimum absolute atomic E-state index is 0.176. The Labute approximate surface area is 165 Å². The number of amides is 1. The number of benzene rings is 2. The van der Waals surface area contributed by atoms with Gasteiger partial charge in [-0.15, -0.1) is 0 Å². The van der Waals surface area contributed by atoms with Crippen LogP contribution >= 0.6 is 23.4 Å². The molecule has 0 aliphatic heterocycles. The number of carbonyl (C=O) groups excluding carboxylic acids is 1. The zero-order chi connectivity index (χ0) is 20.0. The van der Waals surface area contributed by atoms with Crippen molar-refractivity contribution in [2.75, 3.05) is 17.3 Å². The molecule has 0 saturated carbocycles. The highest BCUT2D eigenvalue weighted by atomic mass is 35.5. The Balaban J connectivity index is 2.22. The van der Waals surface area contributed by atoms with Crippen molar-refractivity contribution in [2.45, 2.75) is 17.4 Å². The fraction of sp³-hybridized carbons (Fsp3) is 0.235. The van der Waals surface area contributed by atoms with Crippen molar-refractivity contribution >= 4 is 45.0 Å². The fourth-order valence-corrected chi connectivity index (χ4v) is 4.16. The highest BCUT2D eigenvalue weighted by Crippen LogP contribution is 2.20.